The fourth-order valence-corrected chi connectivity index (χ4v) is 5.54. The number of amides is 2. The first-order valence-corrected chi connectivity index (χ1v) is 9.51. The number of rotatable bonds is 2. The highest BCUT2D eigenvalue weighted by Crippen LogP contribution is 2.59. The number of hydrogen-bond acceptors (Lipinski definition) is 5. The molecule has 1 aromatic carbocycles. The van der Waals surface area contributed by atoms with E-state index >= 15 is 0 Å². The van der Waals surface area contributed by atoms with Gasteiger partial charge in [0, 0.05) is 19.7 Å². The maximum atomic E-state index is 13.5. The summed E-state index contributed by atoms with van der Waals surface area (Å²) in [7, 11) is 3.12. The van der Waals surface area contributed by atoms with Gasteiger partial charge in [-0.2, -0.15) is 0 Å². The maximum absolute atomic E-state index is 13.5. The molecule has 1 aromatic rings. The average Bonchev–Trinajstić information content (AvgIpc) is 3.34. The van der Waals surface area contributed by atoms with Gasteiger partial charge in [0.2, 0.25) is 11.8 Å². The molecule has 4 aliphatic rings. The highest BCUT2D eigenvalue weighted by molar-refractivity contribution is 6.04. The van der Waals surface area contributed by atoms with Crippen molar-refractivity contribution in [2.45, 2.75) is 37.1 Å². The number of ether oxygens (including phenoxy) is 2. The second-order valence-electron chi connectivity index (χ2n) is 7.99. The van der Waals surface area contributed by atoms with E-state index in [0.717, 1.165) is 11.3 Å². The zero-order valence-electron chi connectivity index (χ0n) is 16.0. The highest BCUT2D eigenvalue weighted by atomic mass is 16.5. The Kier molecular flexibility index (Phi) is 3.53. The van der Waals surface area contributed by atoms with Gasteiger partial charge in [-0.15, -0.1) is 0 Å². The van der Waals surface area contributed by atoms with E-state index in [-0.39, 0.29) is 23.9 Å². The van der Waals surface area contributed by atoms with Crippen LogP contribution in [0.15, 0.2) is 36.4 Å². The summed E-state index contributed by atoms with van der Waals surface area (Å²) in [5, 5.41) is 0. The Labute approximate surface area is 162 Å². The monoisotopic (exact) mass is 382 g/mol. The van der Waals surface area contributed by atoms with Gasteiger partial charge in [0.05, 0.1) is 31.2 Å². The number of esters is 1. The van der Waals surface area contributed by atoms with E-state index in [1.165, 1.54) is 7.11 Å². The minimum absolute atomic E-state index is 0.0359. The normalized spacial score (nSPS) is 36.8. The molecule has 5 rings (SSSR count). The van der Waals surface area contributed by atoms with Crippen molar-refractivity contribution in [3.05, 3.63) is 42.0 Å². The second-order valence-corrected chi connectivity index (χ2v) is 7.99. The summed E-state index contributed by atoms with van der Waals surface area (Å²) in [5.41, 5.74) is 0.869. The van der Waals surface area contributed by atoms with Crippen LogP contribution in [0.25, 0.3) is 0 Å². The van der Waals surface area contributed by atoms with E-state index in [1.807, 2.05) is 36.4 Å². The van der Waals surface area contributed by atoms with Crippen LogP contribution in [0, 0.1) is 11.8 Å². The maximum Gasteiger partial charge on any atom is 0.312 e. The smallest absolute Gasteiger partial charge is 0.312 e. The Morgan fingerprint density at radius 1 is 1.32 bits per heavy atom. The van der Waals surface area contributed by atoms with Crippen LogP contribution in [0.3, 0.4) is 0 Å². The number of fused-ring (bicyclic) bond motifs is 4. The Balaban J connectivity index is 1.65. The van der Waals surface area contributed by atoms with Gasteiger partial charge < -0.3 is 19.3 Å². The van der Waals surface area contributed by atoms with Gasteiger partial charge in [-0.1, -0.05) is 30.4 Å². The fourth-order valence-electron chi connectivity index (χ4n) is 5.54. The lowest BCUT2D eigenvalue weighted by Crippen LogP contribution is -2.50. The lowest BCUT2D eigenvalue weighted by Gasteiger charge is -2.43. The minimum atomic E-state index is -0.857. The van der Waals surface area contributed by atoms with Crippen LogP contribution >= 0.6 is 0 Å². The summed E-state index contributed by atoms with van der Waals surface area (Å²) < 4.78 is 11.3. The standard InChI is InChI=1S/C21H22N2O5/c1-11(24)22(2)14-10-16-21-9-8-15(28-21)17(20(26)27-3)18(21)19(25)23(16)13-7-5-4-6-12(13)14/h4-9,14-18H,10H2,1-3H3/t14-,15-,16-,17-,18+,21-/m0/s1. The number of hydrogen-bond donors (Lipinski definition) is 0. The Morgan fingerprint density at radius 2 is 2.07 bits per heavy atom. The van der Waals surface area contributed by atoms with Crippen molar-refractivity contribution in [3.63, 3.8) is 0 Å². The number of nitrogens with zero attached hydrogens (tertiary/aromatic N) is 2. The number of para-hydroxylation sites is 1. The number of methoxy groups -OCH3 is 1. The summed E-state index contributed by atoms with van der Waals surface area (Å²) in [6.45, 7) is 1.54. The first-order chi connectivity index (χ1) is 13.4. The van der Waals surface area contributed by atoms with Gasteiger partial charge in [0.1, 0.15) is 11.5 Å². The molecule has 28 heavy (non-hydrogen) atoms. The molecule has 7 nitrogen and oxygen atoms in total. The van der Waals surface area contributed by atoms with Crippen LogP contribution in [0.1, 0.15) is 24.9 Å². The van der Waals surface area contributed by atoms with Crippen molar-refractivity contribution in [3.8, 4) is 0 Å². The lowest BCUT2D eigenvalue weighted by atomic mass is 9.73. The molecule has 0 saturated carbocycles. The Hall–Kier alpha value is -2.67. The predicted molar refractivity (Wildman–Crippen MR) is 99.3 cm³/mol. The van der Waals surface area contributed by atoms with E-state index in [0.29, 0.717) is 6.42 Å². The predicted octanol–water partition coefficient (Wildman–Crippen LogP) is 1.44. The van der Waals surface area contributed by atoms with Crippen molar-refractivity contribution in [2.24, 2.45) is 11.8 Å². The molecule has 0 radical (unpaired) electrons. The SMILES string of the molecule is COC(=O)[C@H]1[C@@H]2C=C[C@]3(O2)[C@@H]2C[C@H](N(C)C(C)=O)c4ccccc4N2C(=O)[C@@H]13. The Morgan fingerprint density at radius 3 is 2.79 bits per heavy atom. The van der Waals surface area contributed by atoms with Gasteiger partial charge >= 0.3 is 5.97 Å². The minimum Gasteiger partial charge on any atom is -0.469 e. The molecule has 4 heterocycles. The summed E-state index contributed by atoms with van der Waals surface area (Å²) in [6, 6.07) is 7.23. The molecule has 0 aromatic heterocycles. The van der Waals surface area contributed by atoms with Gasteiger partial charge in [-0.05, 0) is 18.1 Å². The van der Waals surface area contributed by atoms with E-state index in [1.54, 1.807) is 23.8 Å². The van der Waals surface area contributed by atoms with Gasteiger partial charge in [0.15, 0.2) is 0 Å². The van der Waals surface area contributed by atoms with Crippen LogP contribution in [0.4, 0.5) is 5.69 Å². The molecule has 6 atom stereocenters. The third kappa shape index (κ3) is 1.95. The third-order valence-corrected chi connectivity index (χ3v) is 6.86. The van der Waals surface area contributed by atoms with Crippen LogP contribution < -0.4 is 4.90 Å². The number of anilines is 1. The molecule has 0 unspecified atom stereocenters. The fraction of sp³-hybridized carbons (Fsp3) is 0.476. The zero-order valence-corrected chi connectivity index (χ0v) is 16.0. The summed E-state index contributed by atoms with van der Waals surface area (Å²) >= 11 is 0. The van der Waals surface area contributed by atoms with Crippen LogP contribution in [0.5, 0.6) is 0 Å². The van der Waals surface area contributed by atoms with Crippen molar-refractivity contribution in [2.75, 3.05) is 19.1 Å². The first kappa shape index (κ1) is 17.4. The van der Waals surface area contributed by atoms with E-state index in [4.69, 9.17) is 9.47 Å². The largest absolute Gasteiger partial charge is 0.469 e. The van der Waals surface area contributed by atoms with Crippen molar-refractivity contribution >= 4 is 23.5 Å². The Bertz CT molecular complexity index is 927. The molecular formula is C21H22N2O5. The van der Waals surface area contributed by atoms with Crippen LogP contribution in [-0.4, -0.2) is 54.6 Å². The van der Waals surface area contributed by atoms with Crippen LogP contribution in [-0.2, 0) is 23.9 Å². The molecule has 146 valence electrons. The molecule has 2 saturated heterocycles. The first-order valence-electron chi connectivity index (χ1n) is 9.51. The summed E-state index contributed by atoms with van der Waals surface area (Å²) in [4.78, 5) is 41.6. The quantitative estimate of drug-likeness (QED) is 0.571. The summed E-state index contributed by atoms with van der Waals surface area (Å²) in [6.07, 6.45) is 3.94. The van der Waals surface area contributed by atoms with E-state index < -0.39 is 29.5 Å². The topological polar surface area (TPSA) is 76.2 Å². The number of carbonyl (C=O) groups excluding carboxylic acids is 3. The van der Waals surface area contributed by atoms with Gasteiger partial charge in [0.25, 0.3) is 0 Å². The average molecular weight is 382 g/mol. The molecule has 4 aliphatic heterocycles. The van der Waals surface area contributed by atoms with E-state index in [2.05, 4.69) is 0 Å². The molecule has 2 bridgehead atoms. The van der Waals surface area contributed by atoms with Crippen molar-refractivity contribution in [1.82, 2.24) is 4.90 Å². The molecule has 1 spiro atoms. The molecule has 0 N–H and O–H groups in total. The van der Waals surface area contributed by atoms with Gasteiger partial charge in [-0.3, -0.25) is 14.4 Å². The number of carbonyl (C=O) groups is 3. The van der Waals surface area contributed by atoms with Crippen molar-refractivity contribution < 1.29 is 23.9 Å². The van der Waals surface area contributed by atoms with Gasteiger partial charge in [-0.25, -0.2) is 0 Å². The molecule has 2 fully saturated rings. The molecular weight excluding hydrogens is 360 g/mol. The molecule has 7 heteroatoms. The summed E-state index contributed by atoms with van der Waals surface area (Å²) in [5.74, 6) is -1.80. The van der Waals surface area contributed by atoms with E-state index in [9.17, 15) is 14.4 Å². The second kappa shape index (κ2) is 5.67. The molecule has 0 aliphatic carbocycles. The van der Waals surface area contributed by atoms with Crippen LogP contribution in [0.2, 0.25) is 0 Å². The highest BCUT2D eigenvalue weighted by Gasteiger charge is 2.72. The number of benzene rings is 1. The zero-order chi connectivity index (χ0) is 19.8. The van der Waals surface area contributed by atoms with Crippen molar-refractivity contribution in [1.29, 1.82) is 0 Å². The lowest BCUT2D eigenvalue weighted by molar-refractivity contribution is -0.149. The molecule has 2 amide bonds. The third-order valence-electron chi connectivity index (χ3n) is 6.86.